The maximum Gasteiger partial charge on any atom is 0.323 e. The number of aromatic nitrogens is 1. The molecule has 1 N–H and O–H groups in total. The first kappa shape index (κ1) is 18.9. The third kappa shape index (κ3) is 5.55. The molecule has 0 aromatic carbocycles. The van der Waals surface area contributed by atoms with Gasteiger partial charge in [0.25, 0.3) is 0 Å². The number of rotatable bonds is 4. The van der Waals surface area contributed by atoms with Crippen LogP contribution in [0, 0.1) is 18.8 Å². The minimum atomic E-state index is -0.165. The van der Waals surface area contributed by atoms with E-state index in [4.69, 9.17) is 4.74 Å². The number of nitrogens with zero attached hydrogens (tertiary/aromatic N) is 3. The molecule has 0 unspecified atom stereocenters. The zero-order chi connectivity index (χ0) is 18.4. The number of methoxy groups -OCH3 is 1. The molecule has 2 amide bonds. The summed E-state index contributed by atoms with van der Waals surface area (Å²) in [5.74, 6) is 6.01. The first-order valence-corrected chi connectivity index (χ1v) is 8.65. The fourth-order valence-electron chi connectivity index (χ4n) is 1.94. The maximum absolute atomic E-state index is 12.1. The van der Waals surface area contributed by atoms with Crippen molar-refractivity contribution in [1.29, 1.82) is 0 Å². The summed E-state index contributed by atoms with van der Waals surface area (Å²) in [5.41, 5.74) is 2.41. The zero-order valence-corrected chi connectivity index (χ0v) is 15.7. The first-order valence-electron chi connectivity index (χ1n) is 7.83. The Hall–Kier alpha value is -2.43. The summed E-state index contributed by atoms with van der Waals surface area (Å²) in [5, 5.41) is 3.34. The molecular formula is C18H22N4O2S. The Morgan fingerprint density at radius 2 is 2.24 bits per heavy atom. The molecule has 0 aliphatic carbocycles. The van der Waals surface area contributed by atoms with Gasteiger partial charge in [0.15, 0.2) is 5.13 Å². The van der Waals surface area contributed by atoms with Crippen molar-refractivity contribution in [3.8, 4) is 11.8 Å². The van der Waals surface area contributed by atoms with Crippen molar-refractivity contribution < 1.29 is 9.53 Å². The van der Waals surface area contributed by atoms with Crippen LogP contribution < -0.4 is 5.32 Å². The molecular weight excluding hydrogens is 336 g/mol. The average molecular weight is 358 g/mol. The monoisotopic (exact) mass is 358 g/mol. The molecule has 1 aliphatic rings. The second kappa shape index (κ2) is 8.60. The summed E-state index contributed by atoms with van der Waals surface area (Å²) in [4.78, 5) is 23.1. The summed E-state index contributed by atoms with van der Waals surface area (Å²) >= 11 is 1.35. The molecule has 0 radical (unpaired) electrons. The number of carbonyl (C=O) groups is 1. The van der Waals surface area contributed by atoms with Crippen molar-refractivity contribution in [2.75, 3.05) is 25.5 Å². The largest absolute Gasteiger partial charge is 0.378 e. The molecule has 2 heterocycles. The van der Waals surface area contributed by atoms with Gasteiger partial charge in [0, 0.05) is 24.6 Å². The van der Waals surface area contributed by atoms with Crippen molar-refractivity contribution in [2.45, 2.75) is 26.9 Å². The molecule has 25 heavy (non-hydrogen) atoms. The summed E-state index contributed by atoms with van der Waals surface area (Å²) in [6.45, 7) is 10.8. The molecule has 1 aromatic rings. The Morgan fingerprint density at radius 1 is 1.52 bits per heavy atom. The van der Waals surface area contributed by atoms with Crippen LogP contribution in [0.4, 0.5) is 9.93 Å². The predicted molar refractivity (Wildman–Crippen MR) is 102 cm³/mol. The highest BCUT2D eigenvalue weighted by atomic mass is 32.1. The van der Waals surface area contributed by atoms with Gasteiger partial charge < -0.3 is 9.64 Å². The van der Waals surface area contributed by atoms with Gasteiger partial charge >= 0.3 is 6.03 Å². The van der Waals surface area contributed by atoms with Gasteiger partial charge in [0.2, 0.25) is 0 Å². The van der Waals surface area contributed by atoms with E-state index in [1.165, 1.54) is 11.3 Å². The van der Waals surface area contributed by atoms with E-state index in [2.05, 4.69) is 33.7 Å². The van der Waals surface area contributed by atoms with Gasteiger partial charge in [0.05, 0.1) is 24.9 Å². The van der Waals surface area contributed by atoms with Crippen LogP contribution in [0.15, 0.2) is 29.4 Å². The standard InChI is InChI=1S/C18H22N4O2S/c1-12(2)19-9-8-13(3)6-7-16-14(4)20-17(25-16)21-18(23)22-10-15(11-22)24-5/h8-9,15H,3,10-11H2,1-2,4-5H3,(H,20,21,23)/b9-8-. The third-order valence-electron chi connectivity index (χ3n) is 3.42. The molecule has 1 aromatic heterocycles. The van der Waals surface area contributed by atoms with Gasteiger partial charge in [-0.1, -0.05) is 23.8 Å². The molecule has 1 saturated heterocycles. The number of nitrogens with one attached hydrogen (secondary N) is 1. The number of allylic oxidation sites excluding steroid dienone is 2. The number of carbonyl (C=O) groups excluding carboxylic acids is 1. The number of hydrogen-bond acceptors (Lipinski definition) is 5. The van der Waals surface area contributed by atoms with Gasteiger partial charge in [-0.25, -0.2) is 9.78 Å². The predicted octanol–water partition coefficient (Wildman–Crippen LogP) is 3.22. The lowest BCUT2D eigenvalue weighted by Gasteiger charge is -2.37. The van der Waals surface area contributed by atoms with Crippen LogP contribution >= 0.6 is 11.3 Å². The van der Waals surface area contributed by atoms with E-state index >= 15 is 0 Å². The van der Waals surface area contributed by atoms with Crippen molar-refractivity contribution in [2.24, 2.45) is 4.99 Å². The van der Waals surface area contributed by atoms with Crippen molar-refractivity contribution in [3.63, 3.8) is 0 Å². The lowest BCUT2D eigenvalue weighted by Crippen LogP contribution is -2.55. The van der Waals surface area contributed by atoms with Crippen molar-refractivity contribution in [1.82, 2.24) is 9.88 Å². The van der Waals surface area contributed by atoms with E-state index in [0.717, 1.165) is 16.3 Å². The maximum atomic E-state index is 12.1. The van der Waals surface area contributed by atoms with Crippen LogP contribution in [0.2, 0.25) is 0 Å². The second-order valence-corrected chi connectivity index (χ2v) is 6.79. The van der Waals surface area contributed by atoms with Crippen LogP contribution in [0.1, 0.15) is 24.4 Å². The SMILES string of the molecule is C=C(C#Cc1sc(NC(=O)N2CC(OC)C2)nc1C)/C=C\N=C(C)C. The molecule has 132 valence electrons. The lowest BCUT2D eigenvalue weighted by molar-refractivity contribution is -0.00465. The highest BCUT2D eigenvalue weighted by Crippen LogP contribution is 2.23. The Balaban J connectivity index is 1.95. The molecule has 0 bridgehead atoms. The smallest absolute Gasteiger partial charge is 0.323 e. The Kier molecular flexibility index (Phi) is 6.51. The lowest BCUT2D eigenvalue weighted by atomic mass is 10.2. The van der Waals surface area contributed by atoms with Crippen LogP contribution in [0.5, 0.6) is 0 Å². The number of aryl methyl sites for hydroxylation is 1. The fraction of sp³-hybridized carbons (Fsp3) is 0.389. The summed E-state index contributed by atoms with van der Waals surface area (Å²) in [6, 6.07) is -0.165. The molecule has 0 saturated carbocycles. The van der Waals surface area contributed by atoms with Gasteiger partial charge in [-0.3, -0.25) is 10.3 Å². The van der Waals surface area contributed by atoms with Crippen molar-refractivity contribution >= 4 is 28.2 Å². The van der Waals surface area contributed by atoms with E-state index in [1.54, 1.807) is 24.3 Å². The second-order valence-electron chi connectivity index (χ2n) is 5.79. The molecule has 1 aliphatic heterocycles. The molecule has 2 rings (SSSR count). The van der Waals surface area contributed by atoms with Crippen LogP contribution in [-0.2, 0) is 4.74 Å². The van der Waals surface area contributed by atoms with E-state index < -0.39 is 0 Å². The number of hydrogen-bond donors (Lipinski definition) is 1. The number of likely N-dealkylation sites (tertiary alicyclic amines) is 1. The molecule has 7 heteroatoms. The first-order chi connectivity index (χ1) is 11.9. The number of anilines is 1. The highest BCUT2D eigenvalue weighted by molar-refractivity contribution is 7.16. The quantitative estimate of drug-likeness (QED) is 0.510. The number of aliphatic imine (C=N–C) groups is 1. The van der Waals surface area contributed by atoms with Crippen molar-refractivity contribution in [3.05, 3.63) is 35.0 Å². The normalized spacial score (nSPS) is 13.8. The third-order valence-corrected chi connectivity index (χ3v) is 4.41. The van der Waals surface area contributed by atoms with E-state index in [0.29, 0.717) is 23.8 Å². The van der Waals surface area contributed by atoms with E-state index in [-0.39, 0.29) is 12.1 Å². The fourth-order valence-corrected chi connectivity index (χ4v) is 2.75. The minimum Gasteiger partial charge on any atom is -0.378 e. The zero-order valence-electron chi connectivity index (χ0n) is 14.9. The number of thiazole rings is 1. The highest BCUT2D eigenvalue weighted by Gasteiger charge is 2.30. The minimum absolute atomic E-state index is 0.130. The Bertz CT molecular complexity index is 773. The van der Waals surface area contributed by atoms with Crippen LogP contribution in [-0.4, -0.2) is 47.9 Å². The van der Waals surface area contributed by atoms with Crippen LogP contribution in [0.25, 0.3) is 0 Å². The van der Waals surface area contributed by atoms with Crippen LogP contribution in [0.3, 0.4) is 0 Å². The van der Waals surface area contributed by atoms with Gasteiger partial charge in [-0.05, 0) is 32.8 Å². The number of amides is 2. The topological polar surface area (TPSA) is 66.8 Å². The Morgan fingerprint density at radius 3 is 2.88 bits per heavy atom. The van der Waals surface area contributed by atoms with E-state index in [1.807, 2.05) is 20.8 Å². The molecule has 1 fully saturated rings. The van der Waals surface area contributed by atoms with E-state index in [9.17, 15) is 4.79 Å². The molecule has 6 nitrogen and oxygen atoms in total. The van der Waals surface area contributed by atoms with Gasteiger partial charge in [-0.2, -0.15) is 0 Å². The van der Waals surface area contributed by atoms with Gasteiger partial charge in [0.1, 0.15) is 4.88 Å². The molecule has 0 spiro atoms. The summed E-state index contributed by atoms with van der Waals surface area (Å²) in [7, 11) is 1.65. The Labute approximate surface area is 152 Å². The summed E-state index contributed by atoms with van der Waals surface area (Å²) < 4.78 is 5.16. The molecule has 0 atom stereocenters. The van der Waals surface area contributed by atoms with Gasteiger partial charge in [-0.15, -0.1) is 0 Å². The average Bonchev–Trinajstić information content (AvgIpc) is 2.83. The summed E-state index contributed by atoms with van der Waals surface area (Å²) in [6.07, 6.45) is 3.57. The number of urea groups is 1. The number of ether oxygens (including phenoxy) is 1.